The summed E-state index contributed by atoms with van der Waals surface area (Å²) in [5.74, 6) is -2.33. The van der Waals surface area contributed by atoms with Crippen LogP contribution in [0.25, 0.3) is 0 Å². The molecule has 0 aromatic heterocycles. The van der Waals surface area contributed by atoms with Crippen LogP contribution in [0.4, 0.5) is 4.79 Å². The lowest BCUT2D eigenvalue weighted by atomic mass is 10.1. The van der Waals surface area contributed by atoms with Gasteiger partial charge in [0.05, 0.1) is 0 Å². The topological polar surface area (TPSA) is 119 Å². The van der Waals surface area contributed by atoms with Gasteiger partial charge in [0.15, 0.2) is 0 Å². The first kappa shape index (κ1) is 17.2. The summed E-state index contributed by atoms with van der Waals surface area (Å²) in [6.07, 6.45) is 1.94. The molecule has 8 heteroatoms. The second kappa shape index (κ2) is 8.46. The molecule has 8 nitrogen and oxygen atoms in total. The Hall–Kier alpha value is -1.83. The summed E-state index contributed by atoms with van der Waals surface area (Å²) in [4.78, 5) is 35.2. The summed E-state index contributed by atoms with van der Waals surface area (Å²) in [6.45, 7) is 4.14. The van der Waals surface area contributed by atoms with E-state index in [9.17, 15) is 14.4 Å². The van der Waals surface area contributed by atoms with Gasteiger partial charge in [-0.15, -0.1) is 0 Å². The van der Waals surface area contributed by atoms with Crippen molar-refractivity contribution in [3.8, 4) is 0 Å². The van der Waals surface area contributed by atoms with E-state index in [0.29, 0.717) is 12.6 Å². The number of nitrogens with zero attached hydrogens (tertiary/aromatic N) is 1. The molecule has 1 atom stereocenters. The Morgan fingerprint density at radius 3 is 2.43 bits per heavy atom. The highest BCUT2D eigenvalue weighted by molar-refractivity contribution is 5.82. The van der Waals surface area contributed by atoms with Crippen LogP contribution < -0.4 is 10.6 Å². The number of carboxylic acid groups (broad SMARTS) is 2. The molecule has 21 heavy (non-hydrogen) atoms. The molecule has 0 unspecified atom stereocenters. The van der Waals surface area contributed by atoms with Crippen LogP contribution in [0.3, 0.4) is 0 Å². The summed E-state index contributed by atoms with van der Waals surface area (Å²) >= 11 is 0. The maximum Gasteiger partial charge on any atom is 0.326 e. The highest BCUT2D eigenvalue weighted by atomic mass is 16.4. The van der Waals surface area contributed by atoms with E-state index in [1.54, 1.807) is 0 Å². The molecule has 0 heterocycles. The third kappa shape index (κ3) is 6.94. The van der Waals surface area contributed by atoms with Crippen molar-refractivity contribution in [2.75, 3.05) is 19.6 Å². The summed E-state index contributed by atoms with van der Waals surface area (Å²) in [6, 6.07) is -1.16. The molecule has 0 bridgehead atoms. The molecule has 0 spiro atoms. The Morgan fingerprint density at radius 1 is 1.29 bits per heavy atom. The van der Waals surface area contributed by atoms with Crippen molar-refractivity contribution in [1.82, 2.24) is 15.5 Å². The van der Waals surface area contributed by atoms with Crippen molar-refractivity contribution in [2.45, 2.75) is 44.7 Å². The minimum Gasteiger partial charge on any atom is -0.481 e. The molecule has 1 rings (SSSR count). The van der Waals surface area contributed by atoms with E-state index in [1.165, 1.54) is 12.8 Å². The highest BCUT2D eigenvalue weighted by Crippen LogP contribution is 2.25. The van der Waals surface area contributed by atoms with Gasteiger partial charge in [0.25, 0.3) is 0 Å². The Balaban J connectivity index is 2.25. The maximum absolute atomic E-state index is 11.6. The van der Waals surface area contributed by atoms with Gasteiger partial charge >= 0.3 is 18.0 Å². The molecule has 4 N–H and O–H groups in total. The van der Waals surface area contributed by atoms with Gasteiger partial charge in [-0.05, 0) is 25.8 Å². The molecule has 120 valence electrons. The van der Waals surface area contributed by atoms with Gasteiger partial charge < -0.3 is 20.8 Å². The Bertz CT molecular complexity index is 384. The summed E-state index contributed by atoms with van der Waals surface area (Å²) in [7, 11) is 0. The molecular weight excluding hydrogens is 278 g/mol. The standard InChI is InChI=1S/C13H23N3O5/c1-2-16(9-3-4-9)8-7-14-13(21)15-10(12(19)20)5-6-11(17)18/h9-10H,2-8H2,1H3,(H,17,18)(H,19,20)(H2,14,15,21)/t10-/m0/s1. The normalized spacial score (nSPS) is 15.5. The molecule has 2 amide bonds. The number of carbonyl (C=O) groups excluding carboxylic acids is 1. The largest absolute Gasteiger partial charge is 0.481 e. The second-order valence-corrected chi connectivity index (χ2v) is 5.08. The molecule has 0 aromatic rings. The predicted molar refractivity (Wildman–Crippen MR) is 75.1 cm³/mol. The quantitative estimate of drug-likeness (QED) is 0.454. The van der Waals surface area contributed by atoms with E-state index in [2.05, 4.69) is 22.5 Å². The summed E-state index contributed by atoms with van der Waals surface area (Å²) in [5.41, 5.74) is 0. The molecule has 0 aliphatic heterocycles. The van der Waals surface area contributed by atoms with E-state index < -0.39 is 24.0 Å². The van der Waals surface area contributed by atoms with Gasteiger partial charge in [0.1, 0.15) is 6.04 Å². The number of likely N-dealkylation sites (N-methyl/N-ethyl adjacent to an activating group) is 1. The van der Waals surface area contributed by atoms with Crippen molar-refractivity contribution in [3.63, 3.8) is 0 Å². The van der Waals surface area contributed by atoms with Gasteiger partial charge in [0, 0.05) is 25.6 Å². The van der Waals surface area contributed by atoms with E-state index in [1.807, 2.05) is 0 Å². The number of carbonyl (C=O) groups is 3. The number of hydrogen-bond acceptors (Lipinski definition) is 4. The van der Waals surface area contributed by atoms with Crippen LogP contribution in [0.1, 0.15) is 32.6 Å². The predicted octanol–water partition coefficient (Wildman–Crippen LogP) is 0.0879. The number of rotatable bonds is 10. The molecule has 0 radical (unpaired) electrons. The Morgan fingerprint density at radius 2 is 1.95 bits per heavy atom. The second-order valence-electron chi connectivity index (χ2n) is 5.08. The van der Waals surface area contributed by atoms with E-state index >= 15 is 0 Å². The van der Waals surface area contributed by atoms with Crippen LogP contribution >= 0.6 is 0 Å². The van der Waals surface area contributed by atoms with Gasteiger partial charge in [-0.2, -0.15) is 0 Å². The lowest BCUT2D eigenvalue weighted by molar-refractivity contribution is -0.140. The number of aliphatic carboxylic acids is 2. The van der Waals surface area contributed by atoms with Gasteiger partial charge in [-0.1, -0.05) is 6.92 Å². The fourth-order valence-electron chi connectivity index (χ4n) is 2.09. The van der Waals surface area contributed by atoms with Gasteiger partial charge in [-0.3, -0.25) is 9.69 Å². The smallest absolute Gasteiger partial charge is 0.326 e. The number of carboxylic acids is 2. The SMILES string of the molecule is CCN(CCNC(=O)N[C@@H](CCC(=O)O)C(=O)O)C1CC1. The lowest BCUT2D eigenvalue weighted by Gasteiger charge is -2.20. The minimum absolute atomic E-state index is 0.138. The molecule has 0 saturated heterocycles. The monoisotopic (exact) mass is 301 g/mol. The van der Waals surface area contributed by atoms with Crippen molar-refractivity contribution < 1.29 is 24.6 Å². The fourth-order valence-corrected chi connectivity index (χ4v) is 2.09. The zero-order chi connectivity index (χ0) is 15.8. The zero-order valence-electron chi connectivity index (χ0n) is 12.2. The van der Waals surface area contributed by atoms with Gasteiger partial charge in [-0.25, -0.2) is 9.59 Å². The zero-order valence-corrected chi connectivity index (χ0v) is 12.2. The third-order valence-corrected chi connectivity index (χ3v) is 3.40. The maximum atomic E-state index is 11.6. The van der Waals surface area contributed by atoms with E-state index in [4.69, 9.17) is 10.2 Å². The Kier molecular flexibility index (Phi) is 6.93. The fraction of sp³-hybridized carbons (Fsp3) is 0.769. The summed E-state index contributed by atoms with van der Waals surface area (Å²) in [5, 5.41) is 22.3. The highest BCUT2D eigenvalue weighted by Gasteiger charge is 2.27. The molecule has 1 aliphatic carbocycles. The van der Waals surface area contributed by atoms with Crippen molar-refractivity contribution in [3.05, 3.63) is 0 Å². The third-order valence-electron chi connectivity index (χ3n) is 3.40. The van der Waals surface area contributed by atoms with Crippen molar-refractivity contribution in [1.29, 1.82) is 0 Å². The number of amides is 2. The van der Waals surface area contributed by atoms with Crippen LogP contribution in [0.15, 0.2) is 0 Å². The lowest BCUT2D eigenvalue weighted by Crippen LogP contribution is -2.47. The average molecular weight is 301 g/mol. The molecular formula is C13H23N3O5. The van der Waals surface area contributed by atoms with Gasteiger partial charge in [0.2, 0.25) is 0 Å². The van der Waals surface area contributed by atoms with E-state index in [0.717, 1.165) is 13.1 Å². The Labute approximate surface area is 123 Å². The minimum atomic E-state index is -1.24. The average Bonchev–Trinajstić information content (AvgIpc) is 3.23. The first-order valence-corrected chi connectivity index (χ1v) is 7.17. The van der Waals surface area contributed by atoms with Crippen LogP contribution in [0, 0.1) is 0 Å². The molecule has 1 saturated carbocycles. The first-order chi connectivity index (χ1) is 9.93. The molecule has 1 aliphatic rings. The summed E-state index contributed by atoms with van der Waals surface area (Å²) < 4.78 is 0. The van der Waals surface area contributed by atoms with Crippen LogP contribution in [-0.2, 0) is 9.59 Å². The van der Waals surface area contributed by atoms with Crippen LogP contribution in [0.2, 0.25) is 0 Å². The van der Waals surface area contributed by atoms with Crippen LogP contribution in [-0.4, -0.2) is 64.8 Å². The van der Waals surface area contributed by atoms with E-state index in [-0.39, 0.29) is 12.8 Å². The number of hydrogen-bond donors (Lipinski definition) is 4. The van der Waals surface area contributed by atoms with Crippen molar-refractivity contribution >= 4 is 18.0 Å². The van der Waals surface area contributed by atoms with Crippen LogP contribution in [0.5, 0.6) is 0 Å². The molecule has 1 fully saturated rings. The van der Waals surface area contributed by atoms with Crippen molar-refractivity contribution in [2.24, 2.45) is 0 Å². The number of nitrogens with one attached hydrogen (secondary N) is 2. The number of urea groups is 1. The molecule has 0 aromatic carbocycles. The first-order valence-electron chi connectivity index (χ1n) is 7.17.